The van der Waals surface area contributed by atoms with Crippen molar-refractivity contribution in [3.8, 4) is 0 Å². The number of oxazole rings is 1. The molecule has 0 unspecified atom stereocenters. The van der Waals surface area contributed by atoms with E-state index in [1.54, 1.807) is 11.8 Å². The van der Waals surface area contributed by atoms with Gasteiger partial charge in [-0.3, -0.25) is 4.90 Å². The van der Waals surface area contributed by atoms with Crippen molar-refractivity contribution in [3.63, 3.8) is 0 Å². The molecule has 5 nitrogen and oxygen atoms in total. The van der Waals surface area contributed by atoms with Crippen LogP contribution in [0.2, 0.25) is 0 Å². The molecule has 2 heterocycles. The molecule has 1 aliphatic heterocycles. The number of hydrogen-bond donors (Lipinski definition) is 1. The third-order valence-electron chi connectivity index (χ3n) is 3.62. The van der Waals surface area contributed by atoms with E-state index in [0.717, 1.165) is 54.8 Å². The van der Waals surface area contributed by atoms with E-state index in [4.69, 9.17) is 10.2 Å². The van der Waals surface area contributed by atoms with E-state index in [-0.39, 0.29) is 0 Å². The van der Waals surface area contributed by atoms with E-state index in [0.29, 0.717) is 5.69 Å². The van der Waals surface area contributed by atoms with E-state index in [9.17, 15) is 0 Å². The Kier molecular flexibility index (Phi) is 4.14. The first-order valence-electron chi connectivity index (χ1n) is 6.90. The quantitative estimate of drug-likeness (QED) is 0.684. The Labute approximate surface area is 123 Å². The Morgan fingerprint density at radius 3 is 2.90 bits per heavy atom. The summed E-state index contributed by atoms with van der Waals surface area (Å²) in [6.45, 7) is 5.71. The Morgan fingerprint density at radius 1 is 1.30 bits per heavy atom. The zero-order valence-corrected chi connectivity index (χ0v) is 12.5. The maximum Gasteiger partial charge on any atom is 0.256 e. The van der Waals surface area contributed by atoms with Crippen LogP contribution in [-0.2, 0) is 0 Å². The highest BCUT2D eigenvalue weighted by Gasteiger charge is 2.14. The summed E-state index contributed by atoms with van der Waals surface area (Å²) in [6, 6.07) is 5.58. The van der Waals surface area contributed by atoms with E-state index < -0.39 is 0 Å². The second-order valence-corrected chi connectivity index (χ2v) is 6.25. The van der Waals surface area contributed by atoms with Crippen LogP contribution in [0, 0.1) is 0 Å². The third-order valence-corrected chi connectivity index (χ3v) is 4.43. The summed E-state index contributed by atoms with van der Waals surface area (Å²) in [4.78, 5) is 9.33. The fourth-order valence-electron chi connectivity index (χ4n) is 2.32. The number of likely N-dealkylation sites (N-methyl/N-ethyl adjacent to an activating group) is 1. The number of anilines is 1. The highest BCUT2D eigenvalue weighted by molar-refractivity contribution is 7.99. The maximum atomic E-state index is 5.74. The SMILES string of the molecule is CN1CCN(CCSc2nc3ccc(N)cc3o2)CC1. The van der Waals surface area contributed by atoms with Crippen LogP contribution < -0.4 is 5.73 Å². The molecule has 0 radical (unpaired) electrons. The Balaban J connectivity index is 1.52. The van der Waals surface area contributed by atoms with Crippen LogP contribution in [-0.4, -0.2) is 60.3 Å². The van der Waals surface area contributed by atoms with Crippen molar-refractivity contribution >= 4 is 28.5 Å². The number of rotatable bonds is 4. The molecule has 1 aromatic carbocycles. The summed E-state index contributed by atoms with van der Waals surface area (Å²) < 4.78 is 5.70. The zero-order chi connectivity index (χ0) is 13.9. The highest BCUT2D eigenvalue weighted by atomic mass is 32.2. The first kappa shape index (κ1) is 13.7. The van der Waals surface area contributed by atoms with Crippen LogP contribution in [0.5, 0.6) is 0 Å². The minimum atomic E-state index is 0.711. The number of piperazine rings is 1. The second-order valence-electron chi connectivity index (χ2n) is 5.20. The number of aromatic nitrogens is 1. The maximum absolute atomic E-state index is 5.74. The van der Waals surface area contributed by atoms with Gasteiger partial charge in [0.25, 0.3) is 5.22 Å². The third kappa shape index (κ3) is 3.26. The molecule has 20 heavy (non-hydrogen) atoms. The van der Waals surface area contributed by atoms with Gasteiger partial charge in [-0.05, 0) is 19.2 Å². The molecule has 0 spiro atoms. The molecule has 1 saturated heterocycles. The summed E-state index contributed by atoms with van der Waals surface area (Å²) >= 11 is 1.67. The van der Waals surface area contributed by atoms with Gasteiger partial charge in [-0.15, -0.1) is 0 Å². The minimum absolute atomic E-state index is 0.711. The van der Waals surface area contributed by atoms with Gasteiger partial charge in [-0.25, -0.2) is 4.98 Å². The van der Waals surface area contributed by atoms with Gasteiger partial charge in [-0.1, -0.05) is 11.8 Å². The van der Waals surface area contributed by atoms with E-state index in [1.165, 1.54) is 0 Å². The van der Waals surface area contributed by atoms with E-state index in [1.807, 2.05) is 18.2 Å². The van der Waals surface area contributed by atoms with Crippen molar-refractivity contribution in [2.45, 2.75) is 5.22 Å². The molecule has 2 N–H and O–H groups in total. The van der Waals surface area contributed by atoms with Crippen LogP contribution in [0.1, 0.15) is 0 Å². The van der Waals surface area contributed by atoms with Crippen molar-refractivity contribution in [2.24, 2.45) is 0 Å². The summed E-state index contributed by atoms with van der Waals surface area (Å²) in [5, 5.41) is 0.736. The first-order valence-corrected chi connectivity index (χ1v) is 7.89. The predicted molar refractivity (Wildman–Crippen MR) is 83.1 cm³/mol. The smallest absolute Gasteiger partial charge is 0.256 e. The number of nitrogen functional groups attached to an aromatic ring is 1. The average Bonchev–Trinajstić information content (AvgIpc) is 2.83. The molecule has 1 aliphatic rings. The van der Waals surface area contributed by atoms with Crippen molar-refractivity contribution in [1.29, 1.82) is 0 Å². The standard InChI is InChI=1S/C14H20N4OS/c1-17-4-6-18(7-5-17)8-9-20-14-16-12-3-2-11(15)10-13(12)19-14/h2-3,10H,4-9,15H2,1H3. The van der Waals surface area contributed by atoms with Gasteiger partial charge in [0.15, 0.2) is 5.58 Å². The molecule has 1 aromatic heterocycles. The Morgan fingerprint density at radius 2 is 2.10 bits per heavy atom. The van der Waals surface area contributed by atoms with Crippen LogP contribution in [0.25, 0.3) is 11.1 Å². The van der Waals surface area contributed by atoms with Crippen molar-refractivity contribution in [2.75, 3.05) is 51.3 Å². The summed E-state index contributed by atoms with van der Waals surface area (Å²) in [5.74, 6) is 1.01. The van der Waals surface area contributed by atoms with Crippen molar-refractivity contribution in [1.82, 2.24) is 14.8 Å². The summed E-state index contributed by atoms with van der Waals surface area (Å²) in [6.07, 6.45) is 0. The molecule has 1 fully saturated rings. The highest BCUT2D eigenvalue weighted by Crippen LogP contribution is 2.24. The van der Waals surface area contributed by atoms with Crippen LogP contribution in [0.15, 0.2) is 27.8 Å². The van der Waals surface area contributed by atoms with Crippen LogP contribution in [0.3, 0.4) is 0 Å². The van der Waals surface area contributed by atoms with Gasteiger partial charge in [-0.2, -0.15) is 0 Å². The van der Waals surface area contributed by atoms with E-state index in [2.05, 4.69) is 21.8 Å². The number of benzene rings is 1. The first-order chi connectivity index (χ1) is 9.70. The second kappa shape index (κ2) is 6.03. The summed E-state index contributed by atoms with van der Waals surface area (Å²) in [5.41, 5.74) is 8.09. The molecule has 0 aliphatic carbocycles. The van der Waals surface area contributed by atoms with Gasteiger partial charge >= 0.3 is 0 Å². The lowest BCUT2D eigenvalue weighted by atomic mass is 10.3. The number of nitrogens with two attached hydrogens (primary N) is 1. The Bertz CT molecular complexity index is 578. The molecule has 0 atom stereocenters. The molecule has 3 rings (SSSR count). The molecular formula is C14H20N4OS. The molecule has 0 amide bonds. The van der Waals surface area contributed by atoms with Gasteiger partial charge in [0, 0.05) is 50.2 Å². The predicted octanol–water partition coefficient (Wildman–Crippen LogP) is 1.75. The van der Waals surface area contributed by atoms with Crippen LogP contribution >= 0.6 is 11.8 Å². The molecule has 108 valence electrons. The number of hydrogen-bond acceptors (Lipinski definition) is 6. The van der Waals surface area contributed by atoms with Gasteiger partial charge in [0.1, 0.15) is 5.52 Å². The summed E-state index contributed by atoms with van der Waals surface area (Å²) in [7, 11) is 2.18. The number of fused-ring (bicyclic) bond motifs is 1. The molecular weight excluding hydrogens is 272 g/mol. The minimum Gasteiger partial charge on any atom is -0.431 e. The fraction of sp³-hybridized carbons (Fsp3) is 0.500. The van der Waals surface area contributed by atoms with Gasteiger partial charge in [0.05, 0.1) is 0 Å². The lowest BCUT2D eigenvalue weighted by Gasteiger charge is -2.32. The molecule has 6 heteroatoms. The Hall–Kier alpha value is -1.24. The zero-order valence-electron chi connectivity index (χ0n) is 11.7. The van der Waals surface area contributed by atoms with E-state index >= 15 is 0 Å². The van der Waals surface area contributed by atoms with Crippen molar-refractivity contribution in [3.05, 3.63) is 18.2 Å². The average molecular weight is 292 g/mol. The molecule has 0 bridgehead atoms. The largest absolute Gasteiger partial charge is 0.431 e. The van der Waals surface area contributed by atoms with Crippen molar-refractivity contribution < 1.29 is 4.42 Å². The van der Waals surface area contributed by atoms with Gasteiger partial charge in [0.2, 0.25) is 0 Å². The molecule has 2 aromatic rings. The van der Waals surface area contributed by atoms with Crippen LogP contribution in [0.4, 0.5) is 5.69 Å². The number of nitrogens with zero attached hydrogens (tertiary/aromatic N) is 3. The lowest BCUT2D eigenvalue weighted by molar-refractivity contribution is 0.161. The normalized spacial score (nSPS) is 17.9. The fourth-order valence-corrected chi connectivity index (χ4v) is 3.15. The topological polar surface area (TPSA) is 58.5 Å². The monoisotopic (exact) mass is 292 g/mol. The number of thioether (sulfide) groups is 1. The van der Waals surface area contributed by atoms with Gasteiger partial charge < -0.3 is 15.1 Å². The molecule has 0 saturated carbocycles. The lowest BCUT2D eigenvalue weighted by Crippen LogP contribution is -2.45.